The van der Waals surface area contributed by atoms with Crippen LogP contribution in [0.15, 0.2) is 36.4 Å². The number of carbonyl (C=O) groups excluding carboxylic acids is 3. The topological polar surface area (TPSA) is 96.5 Å². The molecule has 1 aliphatic heterocycles. The summed E-state index contributed by atoms with van der Waals surface area (Å²) in [4.78, 5) is 39.5. The number of hydrogen-bond acceptors (Lipinski definition) is 6. The molecule has 33 heavy (non-hydrogen) atoms. The van der Waals surface area contributed by atoms with Gasteiger partial charge in [-0.3, -0.25) is 9.59 Å². The van der Waals surface area contributed by atoms with Crippen LogP contribution in [0.3, 0.4) is 0 Å². The van der Waals surface area contributed by atoms with E-state index in [1.54, 1.807) is 0 Å². The zero-order valence-electron chi connectivity index (χ0n) is 18.5. The first kappa shape index (κ1) is 21.5. The van der Waals surface area contributed by atoms with E-state index in [1.165, 1.54) is 18.4 Å². The maximum absolute atomic E-state index is 13.0. The van der Waals surface area contributed by atoms with Crippen LogP contribution in [0.25, 0.3) is 10.8 Å². The third kappa shape index (κ3) is 3.95. The van der Waals surface area contributed by atoms with E-state index in [0.29, 0.717) is 16.5 Å². The zero-order valence-corrected chi connectivity index (χ0v) is 19.3. The molecule has 0 saturated carbocycles. The van der Waals surface area contributed by atoms with Crippen LogP contribution in [0.4, 0.5) is 16.4 Å². The van der Waals surface area contributed by atoms with Crippen molar-refractivity contribution in [2.75, 3.05) is 23.1 Å². The van der Waals surface area contributed by atoms with Crippen LogP contribution in [0, 0.1) is 5.92 Å². The third-order valence-corrected chi connectivity index (χ3v) is 7.52. The van der Waals surface area contributed by atoms with Gasteiger partial charge >= 0.3 is 5.97 Å². The van der Waals surface area contributed by atoms with Crippen LogP contribution in [0.1, 0.15) is 40.6 Å². The van der Waals surface area contributed by atoms with Crippen LogP contribution in [0.2, 0.25) is 0 Å². The van der Waals surface area contributed by atoms with Crippen molar-refractivity contribution in [2.24, 2.45) is 5.92 Å². The second-order valence-electron chi connectivity index (χ2n) is 8.70. The SMILES string of the molecule is COC(=O)c1c(NC(=O)C[C@@H]2Nc3cccc4cccc(c34)NC2=O)sc2c1CC[C@H](C)C2. The molecular formula is C25H25N3O4S. The Kier molecular flexibility index (Phi) is 5.54. The average Bonchev–Trinajstić information content (AvgIpc) is 3.07. The molecule has 1 aliphatic carbocycles. The second-order valence-corrected chi connectivity index (χ2v) is 9.80. The summed E-state index contributed by atoms with van der Waals surface area (Å²) in [6.07, 6.45) is 2.60. The molecule has 1 aromatic heterocycles. The fourth-order valence-electron chi connectivity index (χ4n) is 4.70. The third-order valence-electron chi connectivity index (χ3n) is 6.35. The number of methoxy groups -OCH3 is 1. The van der Waals surface area contributed by atoms with Gasteiger partial charge in [-0.15, -0.1) is 11.3 Å². The van der Waals surface area contributed by atoms with Gasteiger partial charge in [0.05, 0.1) is 24.8 Å². The van der Waals surface area contributed by atoms with Crippen molar-refractivity contribution in [3.8, 4) is 0 Å². The number of esters is 1. The molecule has 5 rings (SSSR count). The number of ether oxygens (including phenoxy) is 1. The van der Waals surface area contributed by atoms with E-state index >= 15 is 0 Å². The molecule has 0 unspecified atom stereocenters. The number of amides is 2. The minimum atomic E-state index is -0.751. The molecule has 8 heteroatoms. The molecular weight excluding hydrogens is 438 g/mol. The van der Waals surface area contributed by atoms with Crippen molar-refractivity contribution in [1.82, 2.24) is 0 Å². The van der Waals surface area contributed by atoms with Gasteiger partial charge in [0, 0.05) is 16.0 Å². The van der Waals surface area contributed by atoms with Crippen LogP contribution in [0.5, 0.6) is 0 Å². The number of fused-ring (bicyclic) bond motifs is 1. The molecule has 7 nitrogen and oxygen atoms in total. The Bertz CT molecular complexity index is 1280. The van der Waals surface area contributed by atoms with E-state index in [2.05, 4.69) is 22.9 Å². The number of hydrogen-bond donors (Lipinski definition) is 3. The Balaban J connectivity index is 1.39. The van der Waals surface area contributed by atoms with Gasteiger partial charge in [-0.05, 0) is 48.3 Å². The van der Waals surface area contributed by atoms with E-state index in [9.17, 15) is 14.4 Å². The number of thiophene rings is 1. The van der Waals surface area contributed by atoms with E-state index < -0.39 is 12.0 Å². The zero-order chi connectivity index (χ0) is 23.1. The summed E-state index contributed by atoms with van der Waals surface area (Å²) in [6.45, 7) is 2.19. The van der Waals surface area contributed by atoms with Crippen LogP contribution >= 0.6 is 11.3 Å². The molecule has 0 fully saturated rings. The number of nitrogens with one attached hydrogen (secondary N) is 3. The smallest absolute Gasteiger partial charge is 0.341 e. The van der Waals surface area contributed by atoms with Gasteiger partial charge in [0.2, 0.25) is 11.8 Å². The highest BCUT2D eigenvalue weighted by Crippen LogP contribution is 2.40. The van der Waals surface area contributed by atoms with Crippen molar-refractivity contribution in [3.63, 3.8) is 0 Å². The Morgan fingerprint density at radius 1 is 1.18 bits per heavy atom. The molecule has 0 spiro atoms. The van der Waals surface area contributed by atoms with Gasteiger partial charge in [0.15, 0.2) is 0 Å². The Labute approximate surface area is 195 Å². The van der Waals surface area contributed by atoms with E-state index in [0.717, 1.165) is 51.9 Å². The lowest BCUT2D eigenvalue weighted by Gasteiger charge is -2.18. The molecule has 170 valence electrons. The van der Waals surface area contributed by atoms with Crippen molar-refractivity contribution in [3.05, 3.63) is 52.4 Å². The first-order valence-corrected chi connectivity index (χ1v) is 11.9. The highest BCUT2D eigenvalue weighted by molar-refractivity contribution is 7.17. The standard InChI is InChI=1S/C25H25N3O4S/c1-13-9-10-15-19(11-13)33-24(22(15)25(31)32-2)28-20(29)12-18-23(30)27-17-8-4-6-14-5-3-7-16(26-18)21(14)17/h3-8,13,18,26H,9-12H2,1-2H3,(H,27,30)(H,28,29)/t13-,18-/m0/s1. The Morgan fingerprint density at radius 2 is 1.94 bits per heavy atom. The van der Waals surface area contributed by atoms with Crippen molar-refractivity contribution in [1.29, 1.82) is 0 Å². The van der Waals surface area contributed by atoms with E-state index in [4.69, 9.17) is 4.74 Å². The van der Waals surface area contributed by atoms with Crippen molar-refractivity contribution < 1.29 is 19.1 Å². The van der Waals surface area contributed by atoms with E-state index in [1.807, 2.05) is 36.4 Å². The monoisotopic (exact) mass is 463 g/mol. The van der Waals surface area contributed by atoms with Crippen molar-refractivity contribution >= 4 is 56.3 Å². The summed E-state index contributed by atoms with van der Waals surface area (Å²) in [5.41, 5.74) is 2.95. The lowest BCUT2D eigenvalue weighted by atomic mass is 9.88. The maximum Gasteiger partial charge on any atom is 0.341 e. The lowest BCUT2D eigenvalue weighted by molar-refractivity contribution is -0.121. The maximum atomic E-state index is 13.0. The quantitative estimate of drug-likeness (QED) is 0.493. The molecule has 0 radical (unpaired) electrons. The minimum absolute atomic E-state index is 0.0736. The van der Waals surface area contributed by atoms with Gasteiger partial charge in [0.25, 0.3) is 0 Å². The van der Waals surface area contributed by atoms with Gasteiger partial charge in [-0.25, -0.2) is 4.79 Å². The molecule has 2 aromatic carbocycles. The van der Waals surface area contributed by atoms with E-state index in [-0.39, 0.29) is 18.2 Å². The molecule has 0 saturated heterocycles. The summed E-state index contributed by atoms with van der Waals surface area (Å²) in [5.74, 6) is -0.517. The number of carbonyl (C=O) groups is 3. The van der Waals surface area contributed by atoms with Crippen LogP contribution in [-0.4, -0.2) is 30.9 Å². The van der Waals surface area contributed by atoms with Gasteiger partial charge in [-0.1, -0.05) is 31.2 Å². The molecule has 2 heterocycles. The predicted molar refractivity (Wildman–Crippen MR) is 130 cm³/mol. The number of benzene rings is 2. The van der Waals surface area contributed by atoms with Gasteiger partial charge in [-0.2, -0.15) is 0 Å². The summed E-state index contributed by atoms with van der Waals surface area (Å²) in [6, 6.07) is 10.8. The largest absolute Gasteiger partial charge is 0.465 e. The summed E-state index contributed by atoms with van der Waals surface area (Å²) < 4.78 is 5.00. The van der Waals surface area contributed by atoms with Gasteiger partial charge < -0.3 is 20.7 Å². The summed E-state index contributed by atoms with van der Waals surface area (Å²) >= 11 is 1.44. The van der Waals surface area contributed by atoms with Crippen molar-refractivity contribution in [2.45, 2.75) is 38.6 Å². The molecule has 2 aliphatic rings. The first-order valence-electron chi connectivity index (χ1n) is 11.1. The number of anilines is 3. The lowest BCUT2D eigenvalue weighted by Crippen LogP contribution is -2.36. The normalized spacial score (nSPS) is 19.2. The summed E-state index contributed by atoms with van der Waals surface area (Å²) in [7, 11) is 1.35. The molecule has 2 atom stereocenters. The predicted octanol–water partition coefficient (Wildman–Crippen LogP) is 4.57. The highest BCUT2D eigenvalue weighted by atomic mass is 32.1. The Hall–Kier alpha value is -3.39. The average molecular weight is 464 g/mol. The molecule has 3 aromatic rings. The molecule has 0 bridgehead atoms. The summed E-state index contributed by atoms with van der Waals surface area (Å²) in [5, 5.41) is 11.5. The van der Waals surface area contributed by atoms with Crippen LogP contribution < -0.4 is 16.0 Å². The first-order chi connectivity index (χ1) is 15.9. The molecule has 3 N–H and O–H groups in total. The molecule has 2 amide bonds. The second kappa shape index (κ2) is 8.51. The van der Waals surface area contributed by atoms with Gasteiger partial charge in [0.1, 0.15) is 11.0 Å². The van der Waals surface area contributed by atoms with Crippen LogP contribution in [-0.2, 0) is 27.2 Å². The minimum Gasteiger partial charge on any atom is -0.465 e. The highest BCUT2D eigenvalue weighted by Gasteiger charge is 2.31. The number of rotatable bonds is 4. The fraction of sp³-hybridized carbons (Fsp3) is 0.320. The Morgan fingerprint density at radius 3 is 2.70 bits per heavy atom. The fourth-order valence-corrected chi connectivity index (χ4v) is 6.12.